The number of benzene rings is 1. The summed E-state index contributed by atoms with van der Waals surface area (Å²) in [4.78, 5) is 4.20. The number of hydrogen-bond donors (Lipinski definition) is 1. The van der Waals surface area contributed by atoms with Crippen LogP contribution in [0.2, 0.25) is 0 Å². The highest BCUT2D eigenvalue weighted by molar-refractivity contribution is 9.10. The predicted molar refractivity (Wildman–Crippen MR) is 72.8 cm³/mol. The Morgan fingerprint density at radius 3 is 2.88 bits per heavy atom. The summed E-state index contributed by atoms with van der Waals surface area (Å²) in [5.41, 5.74) is 1.29. The second-order valence-corrected chi connectivity index (χ2v) is 4.79. The lowest BCUT2D eigenvalue weighted by Crippen LogP contribution is -2.19. The van der Waals surface area contributed by atoms with Crippen molar-refractivity contribution in [3.8, 4) is 0 Å². The fourth-order valence-electron chi connectivity index (χ4n) is 1.70. The largest absolute Gasteiger partial charge is 0.334 e. The lowest BCUT2D eigenvalue weighted by Gasteiger charge is -2.08. The first-order valence-corrected chi connectivity index (χ1v) is 6.48. The highest BCUT2D eigenvalue weighted by Crippen LogP contribution is 2.15. The van der Waals surface area contributed by atoms with Gasteiger partial charge in [-0.2, -0.15) is 0 Å². The zero-order valence-corrected chi connectivity index (χ0v) is 11.4. The molecule has 0 atom stereocenters. The minimum atomic E-state index is 0.884. The Balaban J connectivity index is 1.77. The van der Waals surface area contributed by atoms with E-state index in [-0.39, 0.29) is 0 Å². The van der Waals surface area contributed by atoms with Crippen molar-refractivity contribution in [2.24, 2.45) is 0 Å². The standard InChI is InChI=1S/C13H16BrN3/c1-11-16-7-9-17(11)8-6-15-10-12-4-2-3-5-13(12)14/h2-5,7,9,15H,6,8,10H2,1H3. The Hall–Kier alpha value is -1.13. The van der Waals surface area contributed by atoms with Crippen molar-refractivity contribution in [2.45, 2.75) is 20.0 Å². The first kappa shape index (κ1) is 12.3. The van der Waals surface area contributed by atoms with E-state index in [1.165, 1.54) is 5.56 Å². The van der Waals surface area contributed by atoms with E-state index in [2.05, 4.69) is 49.0 Å². The molecule has 0 amide bonds. The van der Waals surface area contributed by atoms with E-state index in [1.807, 2.05) is 25.4 Å². The Morgan fingerprint density at radius 1 is 1.35 bits per heavy atom. The molecule has 0 saturated heterocycles. The van der Waals surface area contributed by atoms with Gasteiger partial charge in [0.1, 0.15) is 5.82 Å². The number of nitrogens with zero attached hydrogens (tertiary/aromatic N) is 2. The van der Waals surface area contributed by atoms with Crippen molar-refractivity contribution >= 4 is 15.9 Å². The molecule has 2 aromatic rings. The fourth-order valence-corrected chi connectivity index (χ4v) is 2.13. The van der Waals surface area contributed by atoms with Gasteiger partial charge in [-0.15, -0.1) is 0 Å². The molecule has 0 radical (unpaired) electrons. The average molecular weight is 294 g/mol. The summed E-state index contributed by atoms with van der Waals surface area (Å²) in [5.74, 6) is 1.06. The molecule has 0 aliphatic carbocycles. The number of aryl methyl sites for hydroxylation is 1. The summed E-state index contributed by atoms with van der Waals surface area (Å²) in [6.07, 6.45) is 3.85. The Bertz CT molecular complexity index is 479. The highest BCUT2D eigenvalue weighted by Gasteiger charge is 1.98. The lowest BCUT2D eigenvalue weighted by atomic mass is 10.2. The molecule has 1 aromatic heterocycles. The van der Waals surface area contributed by atoms with Crippen LogP contribution in [-0.4, -0.2) is 16.1 Å². The number of imidazole rings is 1. The van der Waals surface area contributed by atoms with Gasteiger partial charge < -0.3 is 9.88 Å². The fraction of sp³-hybridized carbons (Fsp3) is 0.308. The van der Waals surface area contributed by atoms with E-state index < -0.39 is 0 Å². The molecule has 4 heteroatoms. The van der Waals surface area contributed by atoms with Crippen molar-refractivity contribution in [3.05, 3.63) is 52.5 Å². The van der Waals surface area contributed by atoms with Crippen LogP contribution in [0.3, 0.4) is 0 Å². The van der Waals surface area contributed by atoms with Crippen molar-refractivity contribution in [2.75, 3.05) is 6.54 Å². The van der Waals surface area contributed by atoms with E-state index in [1.54, 1.807) is 0 Å². The third kappa shape index (κ3) is 3.41. The van der Waals surface area contributed by atoms with Gasteiger partial charge in [-0.1, -0.05) is 34.1 Å². The second-order valence-electron chi connectivity index (χ2n) is 3.94. The molecule has 2 rings (SSSR count). The predicted octanol–water partition coefficient (Wildman–Crippen LogP) is 2.74. The van der Waals surface area contributed by atoms with Gasteiger partial charge >= 0.3 is 0 Å². The Morgan fingerprint density at radius 2 is 2.18 bits per heavy atom. The molecule has 0 spiro atoms. The second kappa shape index (κ2) is 5.98. The lowest BCUT2D eigenvalue weighted by molar-refractivity contribution is 0.587. The molecule has 0 unspecified atom stereocenters. The summed E-state index contributed by atoms with van der Waals surface area (Å²) in [6.45, 7) is 4.80. The van der Waals surface area contributed by atoms with Crippen LogP contribution < -0.4 is 5.32 Å². The maximum absolute atomic E-state index is 4.20. The van der Waals surface area contributed by atoms with E-state index >= 15 is 0 Å². The molecule has 3 nitrogen and oxygen atoms in total. The van der Waals surface area contributed by atoms with E-state index in [4.69, 9.17) is 0 Å². The Kier molecular flexibility index (Phi) is 4.34. The van der Waals surface area contributed by atoms with E-state index in [0.717, 1.165) is 29.9 Å². The molecule has 0 aliphatic heterocycles. The van der Waals surface area contributed by atoms with Gasteiger partial charge in [0.05, 0.1) is 0 Å². The first-order valence-electron chi connectivity index (χ1n) is 5.69. The topological polar surface area (TPSA) is 29.9 Å². The van der Waals surface area contributed by atoms with Crippen LogP contribution >= 0.6 is 15.9 Å². The van der Waals surface area contributed by atoms with Crippen LogP contribution in [0, 0.1) is 6.92 Å². The normalized spacial score (nSPS) is 10.7. The van der Waals surface area contributed by atoms with Gasteiger partial charge in [0.15, 0.2) is 0 Å². The van der Waals surface area contributed by atoms with Gasteiger partial charge in [-0.3, -0.25) is 0 Å². The third-order valence-electron chi connectivity index (χ3n) is 2.73. The van der Waals surface area contributed by atoms with Crippen LogP contribution in [0.5, 0.6) is 0 Å². The van der Waals surface area contributed by atoms with Crippen molar-refractivity contribution in [1.29, 1.82) is 0 Å². The SMILES string of the molecule is Cc1nccn1CCNCc1ccccc1Br. The summed E-state index contributed by atoms with van der Waals surface area (Å²) >= 11 is 3.54. The minimum absolute atomic E-state index is 0.884. The van der Waals surface area contributed by atoms with Crippen LogP contribution in [0.4, 0.5) is 0 Å². The van der Waals surface area contributed by atoms with Gasteiger partial charge in [0.25, 0.3) is 0 Å². The van der Waals surface area contributed by atoms with Gasteiger partial charge in [0, 0.05) is 36.5 Å². The molecule has 0 bridgehead atoms. The van der Waals surface area contributed by atoms with E-state index in [0.29, 0.717) is 0 Å². The monoisotopic (exact) mass is 293 g/mol. The van der Waals surface area contributed by atoms with Crippen molar-refractivity contribution < 1.29 is 0 Å². The molecule has 1 N–H and O–H groups in total. The molecule has 0 fully saturated rings. The summed E-state index contributed by atoms with van der Waals surface area (Å²) in [7, 11) is 0. The molecular weight excluding hydrogens is 278 g/mol. The molecule has 90 valence electrons. The smallest absolute Gasteiger partial charge is 0.105 e. The number of aromatic nitrogens is 2. The van der Waals surface area contributed by atoms with Crippen LogP contribution in [-0.2, 0) is 13.1 Å². The number of hydrogen-bond acceptors (Lipinski definition) is 2. The zero-order chi connectivity index (χ0) is 12.1. The molecule has 17 heavy (non-hydrogen) atoms. The van der Waals surface area contributed by atoms with Gasteiger partial charge in [-0.05, 0) is 18.6 Å². The third-order valence-corrected chi connectivity index (χ3v) is 3.50. The summed E-state index contributed by atoms with van der Waals surface area (Å²) in [6, 6.07) is 8.28. The van der Waals surface area contributed by atoms with Crippen LogP contribution in [0.1, 0.15) is 11.4 Å². The van der Waals surface area contributed by atoms with Crippen LogP contribution in [0.15, 0.2) is 41.1 Å². The highest BCUT2D eigenvalue weighted by atomic mass is 79.9. The molecular formula is C13H16BrN3. The molecule has 0 saturated carbocycles. The van der Waals surface area contributed by atoms with Crippen LogP contribution in [0.25, 0.3) is 0 Å². The molecule has 1 aromatic carbocycles. The Labute approximate surface area is 110 Å². The minimum Gasteiger partial charge on any atom is -0.334 e. The van der Waals surface area contributed by atoms with Gasteiger partial charge in [-0.25, -0.2) is 4.98 Å². The van der Waals surface area contributed by atoms with Crippen molar-refractivity contribution in [1.82, 2.24) is 14.9 Å². The molecule has 0 aliphatic rings. The number of nitrogens with one attached hydrogen (secondary N) is 1. The summed E-state index contributed by atoms with van der Waals surface area (Å²) < 4.78 is 3.30. The maximum Gasteiger partial charge on any atom is 0.105 e. The summed E-state index contributed by atoms with van der Waals surface area (Å²) in [5, 5.41) is 3.43. The zero-order valence-electron chi connectivity index (χ0n) is 9.86. The quantitative estimate of drug-likeness (QED) is 0.859. The first-order chi connectivity index (χ1) is 8.27. The average Bonchev–Trinajstić information content (AvgIpc) is 2.73. The van der Waals surface area contributed by atoms with Crippen molar-refractivity contribution in [3.63, 3.8) is 0 Å². The van der Waals surface area contributed by atoms with E-state index in [9.17, 15) is 0 Å². The molecule has 1 heterocycles. The number of rotatable bonds is 5. The number of halogens is 1. The maximum atomic E-state index is 4.20. The van der Waals surface area contributed by atoms with Gasteiger partial charge in [0.2, 0.25) is 0 Å².